The largest absolute Gasteiger partial charge is 0.376 e. The summed E-state index contributed by atoms with van der Waals surface area (Å²) < 4.78 is 15.8. The van der Waals surface area contributed by atoms with E-state index >= 15 is 4.39 Å². The first-order chi connectivity index (χ1) is 16.6. The second kappa shape index (κ2) is 7.69. The first-order valence-corrected chi connectivity index (χ1v) is 10.5. The van der Waals surface area contributed by atoms with Crippen molar-refractivity contribution in [3.05, 3.63) is 67.3 Å². The standard InChI is InChI=1S/C24H18FN9/c1-34(2)15-9-14(10-27-11-15)20-19(25)18-17(12-29-20)32-33-23(18)24-30-16-5-8-28-21(22(16)31-24)13-3-6-26-7-4-13/h3-12H,1-2H3,(H,30,31)(H,32,33). The molecule has 9 nitrogen and oxygen atoms in total. The van der Waals surface area contributed by atoms with Crippen LogP contribution < -0.4 is 4.90 Å². The molecule has 0 radical (unpaired) electrons. The van der Waals surface area contributed by atoms with E-state index in [-0.39, 0.29) is 5.69 Å². The molecule has 6 aromatic rings. The fourth-order valence-electron chi connectivity index (χ4n) is 3.92. The molecule has 0 aliphatic carbocycles. The molecule has 0 aliphatic rings. The van der Waals surface area contributed by atoms with Gasteiger partial charge in [-0.25, -0.2) is 9.37 Å². The summed E-state index contributed by atoms with van der Waals surface area (Å²) in [6.45, 7) is 0. The van der Waals surface area contributed by atoms with Crippen LogP contribution in [0, 0.1) is 5.82 Å². The van der Waals surface area contributed by atoms with Crippen LogP contribution in [-0.2, 0) is 0 Å². The van der Waals surface area contributed by atoms with E-state index in [1.165, 1.54) is 0 Å². The Bertz CT molecular complexity index is 1650. The number of nitrogens with zero attached hydrogens (tertiary/aromatic N) is 7. The number of rotatable bonds is 4. The molecule has 34 heavy (non-hydrogen) atoms. The van der Waals surface area contributed by atoms with E-state index < -0.39 is 5.82 Å². The normalized spacial score (nSPS) is 11.4. The maximum absolute atomic E-state index is 15.8. The maximum atomic E-state index is 15.8. The summed E-state index contributed by atoms with van der Waals surface area (Å²) in [4.78, 5) is 27.0. The molecular weight excluding hydrogens is 433 g/mol. The van der Waals surface area contributed by atoms with Crippen LogP contribution in [0.1, 0.15) is 0 Å². The average Bonchev–Trinajstić information content (AvgIpc) is 3.49. The van der Waals surface area contributed by atoms with Gasteiger partial charge in [-0.3, -0.25) is 25.0 Å². The summed E-state index contributed by atoms with van der Waals surface area (Å²) in [6.07, 6.45) is 9.99. The predicted molar refractivity (Wildman–Crippen MR) is 128 cm³/mol. The number of hydrogen-bond acceptors (Lipinski definition) is 7. The monoisotopic (exact) mass is 451 g/mol. The van der Waals surface area contributed by atoms with Gasteiger partial charge in [0.15, 0.2) is 11.6 Å². The Hall–Kier alpha value is -4.73. The molecule has 166 valence electrons. The van der Waals surface area contributed by atoms with E-state index in [2.05, 4.69) is 35.1 Å². The smallest absolute Gasteiger partial charge is 0.161 e. The molecule has 0 spiro atoms. The third-order valence-corrected chi connectivity index (χ3v) is 5.64. The van der Waals surface area contributed by atoms with E-state index in [0.29, 0.717) is 39.2 Å². The number of imidazole rings is 1. The van der Waals surface area contributed by atoms with Crippen LogP contribution >= 0.6 is 0 Å². The number of pyridine rings is 4. The second-order valence-corrected chi connectivity index (χ2v) is 7.98. The van der Waals surface area contributed by atoms with Gasteiger partial charge in [0.05, 0.1) is 40.2 Å². The van der Waals surface area contributed by atoms with Crippen molar-refractivity contribution in [2.45, 2.75) is 0 Å². The van der Waals surface area contributed by atoms with Crippen LogP contribution in [-0.4, -0.2) is 54.2 Å². The average molecular weight is 451 g/mol. The number of fused-ring (bicyclic) bond motifs is 2. The highest BCUT2D eigenvalue weighted by Gasteiger charge is 2.21. The van der Waals surface area contributed by atoms with Gasteiger partial charge in [-0.15, -0.1) is 0 Å². The van der Waals surface area contributed by atoms with Crippen LogP contribution in [0.25, 0.3) is 56.0 Å². The topological polar surface area (TPSA) is 112 Å². The lowest BCUT2D eigenvalue weighted by Gasteiger charge is -2.13. The lowest BCUT2D eigenvalue weighted by molar-refractivity contribution is 0.638. The molecule has 0 amide bonds. The van der Waals surface area contributed by atoms with Gasteiger partial charge in [0, 0.05) is 50.0 Å². The minimum absolute atomic E-state index is 0.196. The number of halogens is 1. The first kappa shape index (κ1) is 19.9. The number of aromatic amines is 2. The summed E-state index contributed by atoms with van der Waals surface area (Å²) in [5.41, 5.74) is 5.48. The molecule has 10 heteroatoms. The zero-order valence-electron chi connectivity index (χ0n) is 18.3. The van der Waals surface area contributed by atoms with Gasteiger partial charge in [-0.05, 0) is 24.3 Å². The molecule has 0 bridgehead atoms. The van der Waals surface area contributed by atoms with Crippen molar-refractivity contribution in [1.29, 1.82) is 0 Å². The summed E-state index contributed by atoms with van der Waals surface area (Å²) >= 11 is 0. The lowest BCUT2D eigenvalue weighted by Crippen LogP contribution is -2.09. The van der Waals surface area contributed by atoms with Crippen LogP contribution in [0.3, 0.4) is 0 Å². The highest BCUT2D eigenvalue weighted by Crippen LogP contribution is 2.34. The maximum Gasteiger partial charge on any atom is 0.161 e. The fourth-order valence-corrected chi connectivity index (χ4v) is 3.92. The van der Waals surface area contributed by atoms with E-state index in [4.69, 9.17) is 4.98 Å². The van der Waals surface area contributed by atoms with Gasteiger partial charge in [-0.1, -0.05) is 0 Å². The van der Waals surface area contributed by atoms with Gasteiger partial charge in [-0.2, -0.15) is 5.10 Å². The molecule has 6 rings (SSSR count). The number of anilines is 1. The Balaban J connectivity index is 1.52. The quantitative estimate of drug-likeness (QED) is 0.413. The Morgan fingerprint density at radius 2 is 1.68 bits per heavy atom. The minimum atomic E-state index is -0.494. The van der Waals surface area contributed by atoms with E-state index in [1.807, 2.05) is 43.3 Å². The Morgan fingerprint density at radius 3 is 2.50 bits per heavy atom. The van der Waals surface area contributed by atoms with E-state index in [9.17, 15) is 0 Å². The molecule has 6 aromatic heterocycles. The molecular formula is C24H18FN9. The van der Waals surface area contributed by atoms with E-state index in [1.54, 1.807) is 37.2 Å². The van der Waals surface area contributed by atoms with Crippen LogP contribution in [0.15, 0.2) is 61.4 Å². The van der Waals surface area contributed by atoms with Crippen LogP contribution in [0.4, 0.5) is 10.1 Å². The Morgan fingerprint density at radius 1 is 0.824 bits per heavy atom. The molecule has 0 fully saturated rings. The van der Waals surface area contributed by atoms with Crippen molar-refractivity contribution in [3.63, 3.8) is 0 Å². The fraction of sp³-hybridized carbons (Fsp3) is 0.0833. The molecule has 0 atom stereocenters. The predicted octanol–water partition coefficient (Wildman–Crippen LogP) is 4.23. The summed E-state index contributed by atoms with van der Waals surface area (Å²) in [6, 6.07) is 7.41. The third kappa shape index (κ3) is 3.15. The summed E-state index contributed by atoms with van der Waals surface area (Å²) in [5.74, 6) is -0.0623. The van der Waals surface area contributed by atoms with Crippen molar-refractivity contribution in [2.24, 2.45) is 0 Å². The summed E-state index contributed by atoms with van der Waals surface area (Å²) in [7, 11) is 3.80. The lowest BCUT2D eigenvalue weighted by atomic mass is 10.1. The van der Waals surface area contributed by atoms with Gasteiger partial charge >= 0.3 is 0 Å². The van der Waals surface area contributed by atoms with Crippen molar-refractivity contribution >= 4 is 27.6 Å². The number of hydrogen-bond donors (Lipinski definition) is 2. The van der Waals surface area contributed by atoms with Crippen molar-refractivity contribution in [2.75, 3.05) is 19.0 Å². The van der Waals surface area contributed by atoms with Crippen molar-refractivity contribution in [1.82, 2.24) is 40.1 Å². The SMILES string of the molecule is CN(C)c1cncc(-c2ncc3[nH]nc(-c4nc5c(-c6ccncc6)nccc5[nH]4)c3c2F)c1. The highest BCUT2D eigenvalue weighted by atomic mass is 19.1. The number of nitrogens with one attached hydrogen (secondary N) is 2. The zero-order chi connectivity index (χ0) is 23.2. The van der Waals surface area contributed by atoms with Crippen LogP contribution in [0.5, 0.6) is 0 Å². The third-order valence-electron chi connectivity index (χ3n) is 5.64. The molecule has 0 aliphatic heterocycles. The van der Waals surface area contributed by atoms with Gasteiger partial charge in [0.2, 0.25) is 0 Å². The molecule has 2 N–H and O–H groups in total. The van der Waals surface area contributed by atoms with Gasteiger partial charge < -0.3 is 9.88 Å². The molecule has 0 saturated heterocycles. The zero-order valence-corrected chi connectivity index (χ0v) is 18.3. The van der Waals surface area contributed by atoms with Crippen molar-refractivity contribution in [3.8, 4) is 34.0 Å². The van der Waals surface area contributed by atoms with Gasteiger partial charge in [0.1, 0.15) is 16.9 Å². The number of aromatic nitrogens is 8. The summed E-state index contributed by atoms with van der Waals surface area (Å²) in [5, 5.41) is 7.52. The van der Waals surface area contributed by atoms with Crippen LogP contribution in [0.2, 0.25) is 0 Å². The molecule has 0 saturated carbocycles. The molecule has 6 heterocycles. The Kier molecular flexibility index (Phi) is 4.51. The second-order valence-electron chi connectivity index (χ2n) is 7.98. The Labute approximate surface area is 192 Å². The molecule has 0 unspecified atom stereocenters. The van der Waals surface area contributed by atoms with E-state index in [0.717, 1.165) is 16.8 Å². The van der Waals surface area contributed by atoms with Crippen molar-refractivity contribution < 1.29 is 4.39 Å². The minimum Gasteiger partial charge on any atom is -0.376 e. The highest BCUT2D eigenvalue weighted by molar-refractivity contribution is 5.97. The first-order valence-electron chi connectivity index (χ1n) is 10.5. The number of H-pyrrole nitrogens is 2. The molecule has 0 aromatic carbocycles. The van der Waals surface area contributed by atoms with Gasteiger partial charge in [0.25, 0.3) is 0 Å².